The Hall–Kier alpha value is -3.23. The van der Waals surface area contributed by atoms with Crippen molar-refractivity contribution in [3.05, 3.63) is 88.8 Å². The summed E-state index contributed by atoms with van der Waals surface area (Å²) >= 11 is 7.56. The van der Waals surface area contributed by atoms with Crippen LogP contribution in [-0.2, 0) is 10.5 Å². The van der Waals surface area contributed by atoms with Crippen molar-refractivity contribution >= 4 is 41.1 Å². The maximum absolute atomic E-state index is 12.2. The van der Waals surface area contributed by atoms with E-state index in [0.717, 1.165) is 16.2 Å². The summed E-state index contributed by atoms with van der Waals surface area (Å²) in [7, 11) is 0. The maximum atomic E-state index is 12.2. The molecule has 0 aliphatic carbocycles. The Balaban J connectivity index is 1.33. The van der Waals surface area contributed by atoms with Gasteiger partial charge in [0.2, 0.25) is 5.91 Å². The van der Waals surface area contributed by atoms with Crippen molar-refractivity contribution in [2.45, 2.75) is 23.5 Å². The molecule has 3 rings (SSSR count). The maximum Gasteiger partial charge on any atom is 0.286 e. The van der Waals surface area contributed by atoms with Crippen molar-refractivity contribution in [1.29, 1.82) is 0 Å². The topological polar surface area (TPSA) is 100 Å². The summed E-state index contributed by atoms with van der Waals surface area (Å²) in [6.45, 7) is 0.316. The molecule has 0 spiro atoms. The summed E-state index contributed by atoms with van der Waals surface area (Å²) in [6.07, 6.45) is 1.99. The largest absolute Gasteiger partial charge is 0.459 e. The second-order valence-electron chi connectivity index (χ2n) is 6.78. The second-order valence-corrected chi connectivity index (χ2v) is 8.26. The molecule has 3 aromatic rings. The minimum Gasteiger partial charge on any atom is -0.459 e. The predicted octanol–water partition coefficient (Wildman–Crippen LogP) is 4.20. The van der Waals surface area contributed by atoms with Crippen LogP contribution in [-0.4, -0.2) is 24.3 Å². The van der Waals surface area contributed by atoms with Crippen LogP contribution in [0, 0.1) is 0 Å². The molecule has 2 aromatic carbocycles. The Bertz CT molecular complexity index is 1040. The minimum atomic E-state index is -0.402. The minimum absolute atomic E-state index is 0.152. The fourth-order valence-corrected chi connectivity index (χ4v) is 3.64. The zero-order valence-electron chi connectivity index (χ0n) is 17.1. The number of amides is 3. The number of hydrogen-bond acceptors (Lipinski definition) is 5. The Labute approximate surface area is 194 Å². The molecule has 166 valence electrons. The van der Waals surface area contributed by atoms with Gasteiger partial charge in [0.1, 0.15) is 0 Å². The molecule has 1 aromatic heterocycles. The standard InChI is InChI=1S/C23H22ClN3O4S/c24-18-9-11-19(12-10-18)32-15-16-5-7-17(8-6-16)22(29)27-26-21(28)4-1-13-25-23(30)20-3-2-14-31-20/h2-3,5-12,14H,1,4,13,15H2,(H,25,30)(H,26,28)(H,27,29). The van der Waals surface area contributed by atoms with Crippen molar-refractivity contribution in [3.8, 4) is 0 Å². The van der Waals surface area contributed by atoms with Gasteiger partial charge < -0.3 is 9.73 Å². The lowest BCUT2D eigenvalue weighted by atomic mass is 10.1. The first kappa shape index (κ1) is 23.4. The lowest BCUT2D eigenvalue weighted by molar-refractivity contribution is -0.121. The first-order chi connectivity index (χ1) is 15.5. The molecule has 0 fully saturated rings. The van der Waals surface area contributed by atoms with Gasteiger partial charge >= 0.3 is 0 Å². The highest BCUT2D eigenvalue weighted by Crippen LogP contribution is 2.24. The number of carbonyl (C=O) groups excluding carboxylic acids is 3. The molecule has 3 amide bonds. The SMILES string of the molecule is O=C(CCCNC(=O)c1ccco1)NNC(=O)c1ccc(CSc2ccc(Cl)cc2)cc1. The predicted molar refractivity (Wildman–Crippen MR) is 123 cm³/mol. The van der Waals surface area contributed by atoms with Gasteiger partial charge in [-0.15, -0.1) is 11.8 Å². The smallest absolute Gasteiger partial charge is 0.286 e. The van der Waals surface area contributed by atoms with E-state index >= 15 is 0 Å². The van der Waals surface area contributed by atoms with Crippen molar-refractivity contribution in [2.24, 2.45) is 0 Å². The molecular formula is C23H22ClN3O4S. The van der Waals surface area contributed by atoms with Crippen LogP contribution in [0.25, 0.3) is 0 Å². The average Bonchev–Trinajstić information content (AvgIpc) is 3.35. The van der Waals surface area contributed by atoms with Gasteiger partial charge in [-0.05, 0) is 60.5 Å². The van der Waals surface area contributed by atoms with Crippen molar-refractivity contribution in [3.63, 3.8) is 0 Å². The molecule has 0 saturated carbocycles. The number of carbonyl (C=O) groups is 3. The number of benzene rings is 2. The second kappa shape index (κ2) is 12.0. The zero-order valence-corrected chi connectivity index (χ0v) is 18.7. The molecule has 1 heterocycles. The van der Waals surface area contributed by atoms with E-state index in [4.69, 9.17) is 16.0 Å². The summed E-state index contributed by atoms with van der Waals surface area (Å²) in [5.41, 5.74) is 6.29. The normalized spacial score (nSPS) is 10.4. The average molecular weight is 472 g/mol. The van der Waals surface area contributed by atoms with Gasteiger partial charge in [-0.3, -0.25) is 25.2 Å². The molecular weight excluding hydrogens is 450 g/mol. The molecule has 3 N–H and O–H groups in total. The van der Waals surface area contributed by atoms with Crippen LogP contribution in [0.3, 0.4) is 0 Å². The van der Waals surface area contributed by atoms with Crippen LogP contribution in [0.2, 0.25) is 5.02 Å². The zero-order chi connectivity index (χ0) is 22.8. The Morgan fingerprint density at radius 1 is 0.906 bits per heavy atom. The van der Waals surface area contributed by atoms with Crippen LogP contribution >= 0.6 is 23.4 Å². The first-order valence-electron chi connectivity index (χ1n) is 9.89. The Morgan fingerprint density at radius 2 is 1.66 bits per heavy atom. The van der Waals surface area contributed by atoms with Gasteiger partial charge in [0, 0.05) is 34.2 Å². The number of halogens is 1. The van der Waals surface area contributed by atoms with Crippen LogP contribution in [0.4, 0.5) is 0 Å². The van der Waals surface area contributed by atoms with E-state index in [0.29, 0.717) is 23.6 Å². The van der Waals surface area contributed by atoms with Gasteiger partial charge in [-0.25, -0.2) is 0 Å². The van der Waals surface area contributed by atoms with Crippen molar-refractivity contribution < 1.29 is 18.8 Å². The number of rotatable bonds is 9. The molecule has 7 nitrogen and oxygen atoms in total. The number of thioether (sulfide) groups is 1. The lowest BCUT2D eigenvalue weighted by Gasteiger charge is -2.08. The van der Waals surface area contributed by atoms with Crippen LogP contribution in [0.5, 0.6) is 0 Å². The van der Waals surface area contributed by atoms with E-state index in [1.165, 1.54) is 6.26 Å². The van der Waals surface area contributed by atoms with E-state index in [1.807, 2.05) is 36.4 Å². The summed E-state index contributed by atoms with van der Waals surface area (Å²) in [5, 5.41) is 3.35. The van der Waals surface area contributed by atoms with E-state index in [2.05, 4.69) is 16.2 Å². The first-order valence-corrected chi connectivity index (χ1v) is 11.3. The molecule has 0 unspecified atom stereocenters. The van der Waals surface area contributed by atoms with Gasteiger partial charge in [0.25, 0.3) is 11.8 Å². The third kappa shape index (κ3) is 7.47. The third-order valence-corrected chi connectivity index (χ3v) is 5.70. The Kier molecular flexibility index (Phi) is 8.77. The van der Waals surface area contributed by atoms with Crippen LogP contribution in [0.1, 0.15) is 39.3 Å². The highest BCUT2D eigenvalue weighted by Gasteiger charge is 2.09. The van der Waals surface area contributed by atoms with Crippen LogP contribution < -0.4 is 16.2 Å². The molecule has 0 aliphatic heterocycles. The summed E-state index contributed by atoms with van der Waals surface area (Å²) in [4.78, 5) is 36.9. The van der Waals surface area contributed by atoms with Gasteiger partial charge in [0.05, 0.1) is 6.26 Å². The fraction of sp³-hybridized carbons (Fsp3) is 0.174. The molecule has 0 saturated heterocycles. The van der Waals surface area contributed by atoms with Crippen molar-refractivity contribution in [1.82, 2.24) is 16.2 Å². The molecule has 0 bridgehead atoms. The van der Waals surface area contributed by atoms with Gasteiger partial charge in [-0.2, -0.15) is 0 Å². The van der Waals surface area contributed by atoms with Gasteiger partial charge in [0.15, 0.2) is 5.76 Å². The Morgan fingerprint density at radius 3 is 2.34 bits per heavy atom. The van der Waals surface area contributed by atoms with E-state index in [9.17, 15) is 14.4 Å². The van der Waals surface area contributed by atoms with Gasteiger partial charge in [-0.1, -0.05) is 23.7 Å². The van der Waals surface area contributed by atoms with E-state index < -0.39 is 5.91 Å². The molecule has 32 heavy (non-hydrogen) atoms. The number of nitrogens with one attached hydrogen (secondary N) is 3. The molecule has 0 aliphatic rings. The molecule has 0 atom stereocenters. The van der Waals surface area contributed by atoms with Crippen molar-refractivity contribution in [2.75, 3.05) is 6.54 Å². The fourth-order valence-electron chi connectivity index (χ4n) is 2.66. The van der Waals surface area contributed by atoms with Crippen LogP contribution in [0.15, 0.2) is 76.2 Å². The lowest BCUT2D eigenvalue weighted by Crippen LogP contribution is -2.41. The monoisotopic (exact) mass is 471 g/mol. The summed E-state index contributed by atoms with van der Waals surface area (Å²) < 4.78 is 4.98. The highest BCUT2D eigenvalue weighted by molar-refractivity contribution is 7.98. The number of furan rings is 1. The highest BCUT2D eigenvalue weighted by atomic mass is 35.5. The molecule has 9 heteroatoms. The summed E-state index contributed by atoms with van der Waals surface area (Å²) in [6, 6.07) is 18.0. The quantitative estimate of drug-likeness (QED) is 0.247. The number of hydrogen-bond donors (Lipinski definition) is 3. The van der Waals surface area contributed by atoms with E-state index in [-0.39, 0.29) is 24.0 Å². The number of hydrazine groups is 1. The molecule has 0 radical (unpaired) electrons. The summed E-state index contributed by atoms with van der Waals surface area (Å²) in [5.74, 6) is -0.102. The third-order valence-electron chi connectivity index (χ3n) is 4.36. The van der Waals surface area contributed by atoms with E-state index in [1.54, 1.807) is 36.0 Å².